The monoisotopic (exact) mass is 237 g/mol. The summed E-state index contributed by atoms with van der Waals surface area (Å²) in [6, 6.07) is 2.80. The minimum atomic E-state index is -0.717. The highest BCUT2D eigenvalue weighted by atomic mass is 16.5. The van der Waals surface area contributed by atoms with Crippen LogP contribution in [0.4, 0.5) is 16.3 Å². The zero-order valence-electron chi connectivity index (χ0n) is 9.37. The molecule has 0 aromatic carbocycles. The molecule has 2 amide bonds. The van der Waals surface area contributed by atoms with Gasteiger partial charge in [0, 0.05) is 13.1 Å². The first-order valence-electron chi connectivity index (χ1n) is 5.31. The SMILES string of the molecule is NC(=O)N(N)c1ccc(N2CCOCC2)nc1. The molecular formula is C10H15N5O2. The van der Waals surface area contributed by atoms with Gasteiger partial charge in [-0.25, -0.2) is 20.6 Å². The highest BCUT2D eigenvalue weighted by Gasteiger charge is 2.13. The van der Waals surface area contributed by atoms with Crippen LogP contribution in [0.15, 0.2) is 18.3 Å². The number of ether oxygens (including phenoxy) is 1. The third kappa shape index (κ3) is 2.63. The van der Waals surface area contributed by atoms with E-state index in [9.17, 15) is 4.79 Å². The minimum absolute atomic E-state index is 0.467. The summed E-state index contributed by atoms with van der Waals surface area (Å²) in [6.07, 6.45) is 1.52. The molecule has 0 saturated carbocycles. The summed E-state index contributed by atoms with van der Waals surface area (Å²) in [5.74, 6) is 6.29. The number of primary amides is 1. The van der Waals surface area contributed by atoms with Gasteiger partial charge in [-0.3, -0.25) is 0 Å². The third-order valence-corrected chi connectivity index (χ3v) is 2.58. The fraction of sp³-hybridized carbons (Fsp3) is 0.400. The quantitative estimate of drug-likeness (QED) is 0.417. The normalized spacial score (nSPS) is 15.7. The number of carbonyl (C=O) groups is 1. The summed E-state index contributed by atoms with van der Waals surface area (Å²) in [5.41, 5.74) is 5.52. The van der Waals surface area contributed by atoms with Crippen LogP contribution in [-0.2, 0) is 4.74 Å². The second-order valence-electron chi connectivity index (χ2n) is 3.68. The predicted octanol–water partition coefficient (Wildman–Crippen LogP) is -0.323. The van der Waals surface area contributed by atoms with Crippen LogP contribution >= 0.6 is 0 Å². The maximum Gasteiger partial charge on any atom is 0.333 e. The summed E-state index contributed by atoms with van der Waals surface area (Å²) in [7, 11) is 0. The van der Waals surface area contributed by atoms with Gasteiger partial charge in [0.2, 0.25) is 0 Å². The van der Waals surface area contributed by atoms with Gasteiger partial charge in [0.15, 0.2) is 0 Å². The van der Waals surface area contributed by atoms with Gasteiger partial charge in [0.05, 0.1) is 25.1 Å². The van der Waals surface area contributed by atoms with Gasteiger partial charge >= 0.3 is 6.03 Å². The van der Waals surface area contributed by atoms with Crippen molar-refractivity contribution in [1.29, 1.82) is 0 Å². The molecule has 1 aromatic heterocycles. The predicted molar refractivity (Wildman–Crippen MR) is 63.5 cm³/mol. The van der Waals surface area contributed by atoms with Crippen molar-refractivity contribution in [3.8, 4) is 0 Å². The molecule has 2 heterocycles. The number of nitrogens with two attached hydrogens (primary N) is 2. The van der Waals surface area contributed by atoms with Crippen molar-refractivity contribution in [2.45, 2.75) is 0 Å². The lowest BCUT2D eigenvalue weighted by Gasteiger charge is -2.28. The standard InChI is InChI=1S/C10H15N5O2/c11-10(16)15(12)8-1-2-9(13-7-8)14-3-5-17-6-4-14/h1-2,7H,3-6,12H2,(H2,11,16). The van der Waals surface area contributed by atoms with Gasteiger partial charge in [0.1, 0.15) is 5.82 Å². The molecule has 1 aliphatic rings. The Hall–Kier alpha value is -1.86. The van der Waals surface area contributed by atoms with Crippen LogP contribution < -0.4 is 21.5 Å². The van der Waals surface area contributed by atoms with Crippen molar-refractivity contribution in [3.63, 3.8) is 0 Å². The number of aromatic nitrogens is 1. The molecule has 0 bridgehead atoms. The van der Waals surface area contributed by atoms with Crippen molar-refractivity contribution < 1.29 is 9.53 Å². The topological polar surface area (TPSA) is 97.7 Å². The number of rotatable bonds is 2. The maximum absolute atomic E-state index is 10.9. The largest absolute Gasteiger partial charge is 0.378 e. The molecule has 0 unspecified atom stereocenters. The van der Waals surface area contributed by atoms with Gasteiger partial charge in [-0.2, -0.15) is 0 Å². The van der Waals surface area contributed by atoms with E-state index < -0.39 is 6.03 Å². The average Bonchev–Trinajstić information content (AvgIpc) is 2.39. The number of carbonyl (C=O) groups excluding carboxylic acids is 1. The van der Waals surface area contributed by atoms with E-state index in [1.54, 1.807) is 6.07 Å². The Labute approximate surface area is 98.9 Å². The number of pyridine rings is 1. The zero-order chi connectivity index (χ0) is 12.3. The first-order valence-corrected chi connectivity index (χ1v) is 5.31. The molecule has 0 aliphatic carbocycles. The Balaban J connectivity index is 2.09. The molecule has 1 fully saturated rings. The van der Waals surface area contributed by atoms with Crippen molar-refractivity contribution in [2.24, 2.45) is 11.6 Å². The lowest BCUT2D eigenvalue weighted by atomic mass is 10.3. The van der Waals surface area contributed by atoms with Crippen LogP contribution in [0.1, 0.15) is 0 Å². The number of hydrazine groups is 1. The summed E-state index contributed by atoms with van der Waals surface area (Å²) in [4.78, 5) is 17.2. The van der Waals surface area contributed by atoms with Gasteiger partial charge in [-0.15, -0.1) is 0 Å². The minimum Gasteiger partial charge on any atom is -0.378 e. The van der Waals surface area contributed by atoms with E-state index in [-0.39, 0.29) is 0 Å². The Bertz CT molecular complexity index is 388. The number of nitrogens with zero attached hydrogens (tertiary/aromatic N) is 3. The molecule has 0 spiro atoms. The number of anilines is 2. The Kier molecular flexibility index (Phi) is 3.40. The number of hydrogen-bond donors (Lipinski definition) is 2. The highest BCUT2D eigenvalue weighted by Crippen LogP contribution is 2.16. The fourth-order valence-corrected chi connectivity index (χ4v) is 1.63. The molecule has 7 nitrogen and oxygen atoms in total. The van der Waals surface area contributed by atoms with Gasteiger partial charge in [-0.05, 0) is 12.1 Å². The number of amides is 2. The zero-order valence-corrected chi connectivity index (χ0v) is 9.37. The smallest absolute Gasteiger partial charge is 0.333 e. The van der Waals surface area contributed by atoms with Crippen LogP contribution in [0.25, 0.3) is 0 Å². The lowest BCUT2D eigenvalue weighted by Crippen LogP contribution is -2.41. The Morgan fingerprint density at radius 2 is 2.12 bits per heavy atom. The molecule has 92 valence electrons. The molecule has 0 radical (unpaired) electrons. The van der Waals surface area contributed by atoms with Crippen molar-refractivity contribution >= 4 is 17.5 Å². The van der Waals surface area contributed by atoms with Crippen LogP contribution in [0.3, 0.4) is 0 Å². The second kappa shape index (κ2) is 4.98. The van der Waals surface area contributed by atoms with Crippen LogP contribution in [0.2, 0.25) is 0 Å². The highest BCUT2D eigenvalue weighted by molar-refractivity contribution is 5.89. The summed E-state index contributed by atoms with van der Waals surface area (Å²) < 4.78 is 5.26. The first kappa shape index (κ1) is 11.6. The number of urea groups is 1. The third-order valence-electron chi connectivity index (χ3n) is 2.58. The van der Waals surface area contributed by atoms with Crippen molar-refractivity contribution in [1.82, 2.24) is 4.98 Å². The van der Waals surface area contributed by atoms with Crippen molar-refractivity contribution in [3.05, 3.63) is 18.3 Å². The Morgan fingerprint density at radius 1 is 1.41 bits per heavy atom. The van der Waals surface area contributed by atoms with Gasteiger partial charge in [-0.1, -0.05) is 0 Å². The van der Waals surface area contributed by atoms with Crippen molar-refractivity contribution in [2.75, 3.05) is 36.2 Å². The molecule has 1 saturated heterocycles. The van der Waals surface area contributed by atoms with E-state index in [1.807, 2.05) is 6.07 Å². The van der Waals surface area contributed by atoms with E-state index in [0.29, 0.717) is 18.9 Å². The van der Waals surface area contributed by atoms with Crippen LogP contribution in [0, 0.1) is 0 Å². The molecule has 1 aromatic rings. The summed E-state index contributed by atoms with van der Waals surface area (Å²) in [6.45, 7) is 3.03. The van der Waals surface area contributed by atoms with E-state index in [4.69, 9.17) is 16.3 Å². The molecule has 2 rings (SSSR count). The molecule has 0 atom stereocenters. The van der Waals surface area contributed by atoms with E-state index in [2.05, 4.69) is 9.88 Å². The fourth-order valence-electron chi connectivity index (χ4n) is 1.63. The van der Waals surface area contributed by atoms with E-state index in [0.717, 1.165) is 23.9 Å². The van der Waals surface area contributed by atoms with Gasteiger partial charge < -0.3 is 15.4 Å². The first-order chi connectivity index (χ1) is 8.18. The number of hydrogen-bond acceptors (Lipinski definition) is 5. The average molecular weight is 237 g/mol. The summed E-state index contributed by atoms with van der Waals surface area (Å²) >= 11 is 0. The van der Waals surface area contributed by atoms with Crippen LogP contribution in [-0.4, -0.2) is 37.3 Å². The second-order valence-corrected chi connectivity index (χ2v) is 3.68. The van der Waals surface area contributed by atoms with Crippen LogP contribution in [0.5, 0.6) is 0 Å². The number of morpholine rings is 1. The molecule has 7 heteroatoms. The van der Waals surface area contributed by atoms with E-state index in [1.165, 1.54) is 6.20 Å². The maximum atomic E-state index is 10.9. The van der Waals surface area contributed by atoms with E-state index >= 15 is 0 Å². The lowest BCUT2D eigenvalue weighted by molar-refractivity contribution is 0.122. The summed E-state index contributed by atoms with van der Waals surface area (Å²) in [5, 5.41) is 0.857. The molecule has 1 aliphatic heterocycles. The molecular weight excluding hydrogens is 222 g/mol. The Morgan fingerprint density at radius 3 is 2.65 bits per heavy atom. The van der Waals surface area contributed by atoms with Gasteiger partial charge in [0.25, 0.3) is 0 Å². The molecule has 17 heavy (non-hydrogen) atoms. The molecule has 4 N–H and O–H groups in total.